The molecule has 0 amide bonds. The van der Waals surface area contributed by atoms with Crippen molar-refractivity contribution >= 4 is 11.6 Å². The van der Waals surface area contributed by atoms with Gasteiger partial charge in [-0.05, 0) is 6.42 Å². The fourth-order valence-electron chi connectivity index (χ4n) is 1.75. The Kier molecular flexibility index (Phi) is 2.73. The topological polar surface area (TPSA) is 58.3 Å². The monoisotopic (exact) mass is 207 g/mol. The lowest BCUT2D eigenvalue weighted by molar-refractivity contribution is 0.751. The molecule has 1 saturated heterocycles. The van der Waals surface area contributed by atoms with Crippen molar-refractivity contribution in [2.24, 2.45) is 5.73 Å². The molecule has 1 aromatic rings. The van der Waals surface area contributed by atoms with Crippen molar-refractivity contribution in [1.82, 2.24) is 9.97 Å². The van der Waals surface area contributed by atoms with Crippen molar-refractivity contribution in [1.29, 1.82) is 0 Å². The van der Waals surface area contributed by atoms with Gasteiger partial charge >= 0.3 is 0 Å². The maximum atomic E-state index is 5.86. The van der Waals surface area contributed by atoms with Crippen LogP contribution in [0.2, 0.25) is 0 Å². The molecule has 2 heterocycles. The molecule has 0 spiro atoms. The van der Waals surface area contributed by atoms with Gasteiger partial charge in [0.1, 0.15) is 18.0 Å². The predicted molar refractivity (Wildman–Crippen MR) is 61.2 cm³/mol. The van der Waals surface area contributed by atoms with E-state index in [1.807, 2.05) is 25.1 Å². The van der Waals surface area contributed by atoms with Crippen LogP contribution in [0.1, 0.15) is 6.42 Å². The highest BCUT2D eigenvalue weighted by molar-refractivity contribution is 5.49. The van der Waals surface area contributed by atoms with Gasteiger partial charge in [-0.25, -0.2) is 9.97 Å². The lowest BCUT2D eigenvalue weighted by atomic mass is 10.3. The normalized spacial score (nSPS) is 20.7. The molecule has 0 aliphatic carbocycles. The Morgan fingerprint density at radius 2 is 2.27 bits per heavy atom. The fourth-order valence-corrected chi connectivity index (χ4v) is 1.75. The third-order valence-corrected chi connectivity index (χ3v) is 2.65. The second-order valence-corrected chi connectivity index (χ2v) is 4.12. The minimum absolute atomic E-state index is 0.280. The molecule has 1 fully saturated rings. The first-order valence-electron chi connectivity index (χ1n) is 5.16. The summed E-state index contributed by atoms with van der Waals surface area (Å²) in [4.78, 5) is 12.6. The van der Waals surface area contributed by atoms with Crippen LogP contribution in [-0.2, 0) is 0 Å². The maximum Gasteiger partial charge on any atom is 0.134 e. The summed E-state index contributed by atoms with van der Waals surface area (Å²) in [6.45, 7) is 1.88. The lowest BCUT2D eigenvalue weighted by Gasteiger charge is -2.18. The van der Waals surface area contributed by atoms with Gasteiger partial charge in [0, 0.05) is 39.3 Å². The van der Waals surface area contributed by atoms with E-state index in [0.29, 0.717) is 0 Å². The molecule has 0 aromatic carbocycles. The summed E-state index contributed by atoms with van der Waals surface area (Å²) in [6.07, 6.45) is 2.65. The average Bonchev–Trinajstić information content (AvgIpc) is 2.65. The van der Waals surface area contributed by atoms with Crippen LogP contribution in [0.25, 0.3) is 0 Å². The number of hydrogen-bond acceptors (Lipinski definition) is 5. The summed E-state index contributed by atoms with van der Waals surface area (Å²) >= 11 is 0. The van der Waals surface area contributed by atoms with Gasteiger partial charge < -0.3 is 15.5 Å². The van der Waals surface area contributed by atoms with Crippen molar-refractivity contribution in [3.63, 3.8) is 0 Å². The molecule has 0 saturated carbocycles. The molecule has 5 heteroatoms. The number of anilines is 2. The summed E-state index contributed by atoms with van der Waals surface area (Å²) < 4.78 is 0. The molecule has 1 aliphatic rings. The van der Waals surface area contributed by atoms with E-state index < -0.39 is 0 Å². The van der Waals surface area contributed by atoms with Crippen molar-refractivity contribution < 1.29 is 0 Å². The molecule has 5 nitrogen and oxygen atoms in total. The Labute approximate surface area is 89.9 Å². The zero-order chi connectivity index (χ0) is 10.8. The van der Waals surface area contributed by atoms with Crippen LogP contribution in [0.15, 0.2) is 12.4 Å². The van der Waals surface area contributed by atoms with Crippen molar-refractivity contribution in [3.8, 4) is 0 Å². The van der Waals surface area contributed by atoms with Crippen LogP contribution >= 0.6 is 0 Å². The highest BCUT2D eigenvalue weighted by Gasteiger charge is 2.20. The standard InChI is InChI=1S/C10H17N5/c1-14(2)9-5-10(13-7-12-9)15-4-3-8(11)6-15/h5,7-8H,3-4,6,11H2,1-2H3. The Morgan fingerprint density at radius 3 is 2.87 bits per heavy atom. The molecule has 1 aromatic heterocycles. The van der Waals surface area contributed by atoms with Crippen molar-refractivity contribution in [2.75, 3.05) is 37.0 Å². The smallest absolute Gasteiger partial charge is 0.134 e. The predicted octanol–water partition coefficient (Wildman–Crippen LogP) is 0.0800. The summed E-state index contributed by atoms with van der Waals surface area (Å²) in [7, 11) is 3.95. The molecule has 2 N–H and O–H groups in total. The maximum absolute atomic E-state index is 5.86. The minimum Gasteiger partial charge on any atom is -0.363 e. The first-order valence-corrected chi connectivity index (χ1v) is 5.16. The zero-order valence-electron chi connectivity index (χ0n) is 9.22. The van der Waals surface area contributed by atoms with E-state index in [0.717, 1.165) is 31.1 Å². The van der Waals surface area contributed by atoms with Crippen LogP contribution in [0.3, 0.4) is 0 Å². The SMILES string of the molecule is CN(C)c1cc(N2CCC(N)C2)ncn1. The molecule has 1 unspecified atom stereocenters. The zero-order valence-corrected chi connectivity index (χ0v) is 9.22. The number of hydrogen-bond donors (Lipinski definition) is 1. The highest BCUT2D eigenvalue weighted by atomic mass is 15.2. The highest BCUT2D eigenvalue weighted by Crippen LogP contribution is 2.19. The summed E-state index contributed by atoms with van der Waals surface area (Å²) in [5.74, 6) is 1.90. The fraction of sp³-hybridized carbons (Fsp3) is 0.600. The van der Waals surface area contributed by atoms with Crippen molar-refractivity contribution in [3.05, 3.63) is 12.4 Å². The van der Waals surface area contributed by atoms with Gasteiger partial charge in [-0.2, -0.15) is 0 Å². The molecule has 0 bridgehead atoms. The van der Waals surface area contributed by atoms with Crippen LogP contribution in [0, 0.1) is 0 Å². The minimum atomic E-state index is 0.280. The van der Waals surface area contributed by atoms with E-state index in [1.54, 1.807) is 6.33 Å². The molecule has 2 rings (SSSR count). The van der Waals surface area contributed by atoms with Crippen molar-refractivity contribution in [2.45, 2.75) is 12.5 Å². The van der Waals surface area contributed by atoms with E-state index >= 15 is 0 Å². The Bertz CT molecular complexity index is 338. The lowest BCUT2D eigenvalue weighted by Crippen LogP contribution is -2.27. The number of nitrogens with zero attached hydrogens (tertiary/aromatic N) is 4. The van der Waals surface area contributed by atoms with E-state index in [9.17, 15) is 0 Å². The number of aromatic nitrogens is 2. The molecule has 1 aliphatic heterocycles. The molecular weight excluding hydrogens is 190 g/mol. The molecule has 1 atom stereocenters. The number of rotatable bonds is 2. The summed E-state index contributed by atoms with van der Waals surface area (Å²) in [6, 6.07) is 2.28. The third kappa shape index (κ3) is 2.18. The van der Waals surface area contributed by atoms with E-state index in [2.05, 4.69) is 14.9 Å². The molecule has 82 valence electrons. The second-order valence-electron chi connectivity index (χ2n) is 4.12. The van der Waals surface area contributed by atoms with Gasteiger partial charge in [-0.3, -0.25) is 0 Å². The van der Waals surface area contributed by atoms with Crippen LogP contribution in [0.4, 0.5) is 11.6 Å². The quantitative estimate of drug-likeness (QED) is 0.744. The van der Waals surface area contributed by atoms with Gasteiger partial charge in [0.05, 0.1) is 0 Å². The first-order chi connectivity index (χ1) is 7.16. The van der Waals surface area contributed by atoms with Gasteiger partial charge in [-0.1, -0.05) is 0 Å². The molecule has 15 heavy (non-hydrogen) atoms. The largest absolute Gasteiger partial charge is 0.363 e. The Morgan fingerprint density at radius 1 is 1.47 bits per heavy atom. The van der Waals surface area contributed by atoms with Crippen LogP contribution in [-0.4, -0.2) is 43.2 Å². The Balaban J connectivity index is 2.18. The third-order valence-electron chi connectivity index (χ3n) is 2.65. The van der Waals surface area contributed by atoms with E-state index in [-0.39, 0.29) is 6.04 Å². The first kappa shape index (κ1) is 10.2. The van der Waals surface area contributed by atoms with Crippen LogP contribution < -0.4 is 15.5 Å². The summed E-state index contributed by atoms with van der Waals surface area (Å²) in [5.41, 5.74) is 5.86. The van der Waals surface area contributed by atoms with Gasteiger partial charge in [0.2, 0.25) is 0 Å². The molecule has 0 radical (unpaired) electrons. The number of nitrogens with two attached hydrogens (primary N) is 1. The summed E-state index contributed by atoms with van der Waals surface area (Å²) in [5, 5.41) is 0. The van der Waals surface area contributed by atoms with Gasteiger partial charge in [-0.15, -0.1) is 0 Å². The Hall–Kier alpha value is -1.36. The second kappa shape index (κ2) is 4.02. The van der Waals surface area contributed by atoms with Crippen LogP contribution in [0.5, 0.6) is 0 Å². The van der Waals surface area contributed by atoms with E-state index in [1.165, 1.54) is 0 Å². The molecular formula is C10H17N5. The van der Waals surface area contributed by atoms with E-state index in [4.69, 9.17) is 5.73 Å². The average molecular weight is 207 g/mol. The van der Waals surface area contributed by atoms with Gasteiger partial charge in [0.25, 0.3) is 0 Å². The van der Waals surface area contributed by atoms with Gasteiger partial charge in [0.15, 0.2) is 0 Å².